The number of aliphatic hydroxyl groups excluding tert-OH is 1. The lowest BCUT2D eigenvalue weighted by Crippen LogP contribution is -2.57. The SMILES string of the molecule is CC(C)(C)N1CC=C[C@]23S[C@]4(C)/C=C\CCCOC(=O)[C@@H]4[C@H]2C(=O)N(CCCCCO)C3C1=O. The Bertz CT molecular complexity index is 896. The molecular formula is C26H38N2O5S. The Morgan fingerprint density at radius 1 is 1.09 bits per heavy atom. The minimum atomic E-state index is -0.826. The monoisotopic (exact) mass is 490 g/mol. The van der Waals surface area contributed by atoms with Gasteiger partial charge in [0.05, 0.1) is 23.2 Å². The lowest BCUT2D eigenvalue weighted by atomic mass is 9.74. The number of nitrogens with zero attached hydrogens (tertiary/aromatic N) is 2. The third kappa shape index (κ3) is 4.11. The molecule has 1 unspecified atom stereocenters. The molecule has 1 spiro atoms. The first kappa shape index (κ1) is 25.3. The second-order valence-electron chi connectivity index (χ2n) is 11.0. The summed E-state index contributed by atoms with van der Waals surface area (Å²) in [6.45, 7) is 9.41. The van der Waals surface area contributed by atoms with E-state index in [0.717, 1.165) is 19.3 Å². The number of hydrogen-bond acceptors (Lipinski definition) is 6. The van der Waals surface area contributed by atoms with Crippen LogP contribution in [0.25, 0.3) is 0 Å². The van der Waals surface area contributed by atoms with Gasteiger partial charge in [0, 0.05) is 30.0 Å². The molecule has 0 saturated carbocycles. The quantitative estimate of drug-likeness (QED) is 0.362. The molecule has 7 nitrogen and oxygen atoms in total. The van der Waals surface area contributed by atoms with Gasteiger partial charge >= 0.3 is 5.97 Å². The normalized spacial score (nSPS) is 36.7. The molecule has 2 fully saturated rings. The summed E-state index contributed by atoms with van der Waals surface area (Å²) in [5, 5.41) is 9.18. The molecular weight excluding hydrogens is 452 g/mol. The Morgan fingerprint density at radius 2 is 1.85 bits per heavy atom. The highest BCUT2D eigenvalue weighted by molar-refractivity contribution is 8.02. The van der Waals surface area contributed by atoms with Crippen LogP contribution in [-0.4, -0.2) is 80.1 Å². The van der Waals surface area contributed by atoms with Crippen LogP contribution in [0, 0.1) is 11.8 Å². The number of ether oxygens (including phenoxy) is 1. The van der Waals surface area contributed by atoms with Crippen molar-refractivity contribution in [2.24, 2.45) is 11.8 Å². The van der Waals surface area contributed by atoms with Crippen LogP contribution in [0.15, 0.2) is 24.3 Å². The zero-order chi connectivity index (χ0) is 24.7. The summed E-state index contributed by atoms with van der Waals surface area (Å²) < 4.78 is 4.19. The first-order valence-corrected chi connectivity index (χ1v) is 13.3. The maximum atomic E-state index is 14.1. The van der Waals surface area contributed by atoms with Crippen LogP contribution in [0.3, 0.4) is 0 Å². The van der Waals surface area contributed by atoms with E-state index in [1.165, 1.54) is 0 Å². The number of unbranched alkanes of at least 4 members (excludes halogenated alkanes) is 2. The smallest absolute Gasteiger partial charge is 0.311 e. The molecule has 0 radical (unpaired) electrons. The van der Waals surface area contributed by atoms with Gasteiger partial charge in [0.1, 0.15) is 6.04 Å². The number of fused-ring (bicyclic) bond motifs is 2. The van der Waals surface area contributed by atoms with Crippen LogP contribution in [0.1, 0.15) is 59.8 Å². The van der Waals surface area contributed by atoms with Crippen LogP contribution in [0.4, 0.5) is 0 Å². The average Bonchev–Trinajstić information content (AvgIpc) is 3.09. The molecule has 4 aliphatic rings. The van der Waals surface area contributed by atoms with Crippen LogP contribution in [0.2, 0.25) is 0 Å². The summed E-state index contributed by atoms with van der Waals surface area (Å²) in [5.74, 6) is -1.83. The van der Waals surface area contributed by atoms with E-state index in [1.54, 1.807) is 16.7 Å². The van der Waals surface area contributed by atoms with E-state index >= 15 is 0 Å². The maximum absolute atomic E-state index is 14.1. The fourth-order valence-electron chi connectivity index (χ4n) is 6.05. The highest BCUT2D eigenvalue weighted by atomic mass is 32.2. The van der Waals surface area contributed by atoms with Crippen LogP contribution in [-0.2, 0) is 19.1 Å². The zero-order valence-corrected chi connectivity index (χ0v) is 21.6. The Morgan fingerprint density at radius 3 is 2.56 bits per heavy atom. The van der Waals surface area contributed by atoms with Crippen molar-refractivity contribution in [1.82, 2.24) is 9.80 Å². The van der Waals surface area contributed by atoms with Gasteiger partial charge in [0.25, 0.3) is 0 Å². The Balaban J connectivity index is 1.81. The van der Waals surface area contributed by atoms with E-state index in [1.807, 2.05) is 44.7 Å². The third-order valence-corrected chi connectivity index (χ3v) is 9.41. The predicted octanol–water partition coefficient (Wildman–Crippen LogP) is 2.93. The van der Waals surface area contributed by atoms with E-state index in [4.69, 9.17) is 4.74 Å². The number of hydrogen-bond donors (Lipinski definition) is 1. The number of carbonyl (C=O) groups excluding carboxylic acids is 3. The van der Waals surface area contributed by atoms with Crippen molar-refractivity contribution >= 4 is 29.5 Å². The van der Waals surface area contributed by atoms with Crippen molar-refractivity contribution in [1.29, 1.82) is 0 Å². The second kappa shape index (κ2) is 9.34. The average molecular weight is 491 g/mol. The van der Waals surface area contributed by atoms with Crippen molar-refractivity contribution in [3.63, 3.8) is 0 Å². The van der Waals surface area contributed by atoms with Crippen LogP contribution >= 0.6 is 11.8 Å². The topological polar surface area (TPSA) is 87.2 Å². The number of likely N-dealkylation sites (tertiary alicyclic amines) is 1. The van der Waals surface area contributed by atoms with Crippen molar-refractivity contribution in [2.45, 2.75) is 80.9 Å². The number of allylic oxidation sites excluding steroid dienone is 1. The number of thioether (sulfide) groups is 1. The largest absolute Gasteiger partial charge is 0.465 e. The van der Waals surface area contributed by atoms with Crippen LogP contribution in [0.5, 0.6) is 0 Å². The molecule has 0 aromatic carbocycles. The van der Waals surface area contributed by atoms with Crippen LogP contribution < -0.4 is 0 Å². The molecule has 34 heavy (non-hydrogen) atoms. The molecule has 5 atom stereocenters. The minimum absolute atomic E-state index is 0.0598. The lowest BCUT2D eigenvalue weighted by molar-refractivity contribution is -0.154. The fourth-order valence-corrected chi connectivity index (χ4v) is 8.20. The first-order valence-electron chi connectivity index (χ1n) is 12.5. The van der Waals surface area contributed by atoms with Gasteiger partial charge in [-0.15, -0.1) is 11.8 Å². The third-order valence-electron chi connectivity index (χ3n) is 7.62. The van der Waals surface area contributed by atoms with Gasteiger partial charge in [-0.2, -0.15) is 0 Å². The van der Waals surface area contributed by atoms with Gasteiger partial charge in [0.15, 0.2) is 0 Å². The van der Waals surface area contributed by atoms with Gasteiger partial charge in [-0.25, -0.2) is 0 Å². The number of esters is 1. The Kier molecular flexibility index (Phi) is 6.95. The highest BCUT2D eigenvalue weighted by Gasteiger charge is 2.74. The molecule has 0 aliphatic carbocycles. The van der Waals surface area contributed by atoms with Crippen molar-refractivity contribution < 1.29 is 24.2 Å². The Labute approximate surface area is 206 Å². The fraction of sp³-hybridized carbons (Fsp3) is 0.731. The summed E-state index contributed by atoms with van der Waals surface area (Å²) in [7, 11) is 0. The summed E-state index contributed by atoms with van der Waals surface area (Å²) in [6.07, 6.45) is 11.9. The standard InChI is InChI=1S/C26H38N2O5S/c1-24(2,3)28-15-11-13-26-18(19-23(32)33-17-10-5-7-12-25(19,4)34-26)21(30)27(20(26)22(28)31)14-8-6-9-16-29/h7,11-13,18-20,29H,5-6,8-10,14-17H2,1-4H3/b12-7-/t18-,19-,20?,25+,26-/m0/s1. The van der Waals surface area contributed by atoms with Gasteiger partial charge in [-0.3, -0.25) is 14.4 Å². The molecule has 188 valence electrons. The van der Waals surface area contributed by atoms with Gasteiger partial charge in [-0.05, 0) is 59.8 Å². The molecule has 8 heteroatoms. The van der Waals surface area contributed by atoms with Crippen molar-refractivity contribution in [3.05, 3.63) is 24.3 Å². The second-order valence-corrected chi connectivity index (χ2v) is 12.8. The molecule has 2 saturated heterocycles. The predicted molar refractivity (Wildman–Crippen MR) is 132 cm³/mol. The Hall–Kier alpha value is -1.80. The molecule has 4 rings (SSSR count). The maximum Gasteiger partial charge on any atom is 0.311 e. The van der Waals surface area contributed by atoms with E-state index in [0.29, 0.717) is 32.5 Å². The number of amides is 2. The molecule has 4 heterocycles. The summed E-state index contributed by atoms with van der Waals surface area (Å²) in [4.78, 5) is 45.2. The van der Waals surface area contributed by atoms with E-state index in [-0.39, 0.29) is 24.4 Å². The highest BCUT2D eigenvalue weighted by Crippen LogP contribution is 2.65. The molecule has 2 amide bonds. The molecule has 1 N–H and O–H groups in total. The van der Waals surface area contributed by atoms with Gasteiger partial charge < -0.3 is 19.6 Å². The number of cyclic esters (lactones) is 1. The minimum Gasteiger partial charge on any atom is -0.465 e. The van der Waals surface area contributed by atoms with Crippen molar-refractivity contribution in [3.8, 4) is 0 Å². The number of aliphatic hydroxyl groups is 1. The summed E-state index contributed by atoms with van der Waals surface area (Å²) in [5.41, 5.74) is -0.401. The number of carbonyl (C=O) groups is 3. The molecule has 0 bridgehead atoms. The molecule has 0 aromatic heterocycles. The molecule has 0 aromatic rings. The molecule has 4 aliphatic heterocycles. The summed E-state index contributed by atoms with van der Waals surface area (Å²) in [6, 6.07) is -0.671. The summed E-state index contributed by atoms with van der Waals surface area (Å²) >= 11 is 1.59. The first-order chi connectivity index (χ1) is 16.1. The van der Waals surface area contributed by atoms with E-state index in [9.17, 15) is 19.5 Å². The van der Waals surface area contributed by atoms with Gasteiger partial charge in [-0.1, -0.05) is 24.3 Å². The van der Waals surface area contributed by atoms with Crippen molar-refractivity contribution in [2.75, 3.05) is 26.3 Å². The van der Waals surface area contributed by atoms with E-state index < -0.39 is 32.9 Å². The number of rotatable bonds is 5. The van der Waals surface area contributed by atoms with Gasteiger partial charge in [0.2, 0.25) is 11.8 Å². The van der Waals surface area contributed by atoms with E-state index in [2.05, 4.69) is 12.2 Å². The lowest BCUT2D eigenvalue weighted by Gasteiger charge is -2.41. The zero-order valence-electron chi connectivity index (χ0n) is 20.8.